The molecule has 0 atom stereocenters. The highest BCUT2D eigenvalue weighted by Crippen LogP contribution is 2.43. The Hall–Kier alpha value is -1.48. The quantitative estimate of drug-likeness (QED) is 0.903. The fourth-order valence-corrected chi connectivity index (χ4v) is 3.17. The third-order valence-electron chi connectivity index (χ3n) is 4.30. The van der Waals surface area contributed by atoms with E-state index in [1.807, 2.05) is 6.07 Å². The summed E-state index contributed by atoms with van der Waals surface area (Å²) in [5, 5.41) is 1.10. The number of benzene rings is 1. The number of furan rings is 1. The highest BCUT2D eigenvalue weighted by atomic mass is 16.5. The summed E-state index contributed by atoms with van der Waals surface area (Å²) in [5.41, 5.74) is 8.31. The van der Waals surface area contributed by atoms with Crippen LogP contribution in [-0.2, 0) is 5.41 Å². The van der Waals surface area contributed by atoms with Crippen LogP contribution in [-0.4, -0.2) is 13.7 Å². The number of ether oxygens (including phenoxy) is 1. The van der Waals surface area contributed by atoms with Crippen LogP contribution in [0.3, 0.4) is 0 Å². The standard InChI is InChI=1S/C15H19NO2/c1-17-13-9-12(8-11-4-7-18-14(11)13)15(10-16)5-2-3-6-15/h4,7-9H,2-3,5-6,10,16H2,1H3. The Kier molecular flexibility index (Phi) is 2.78. The van der Waals surface area contributed by atoms with Gasteiger partial charge in [0.1, 0.15) is 0 Å². The molecule has 1 saturated carbocycles. The van der Waals surface area contributed by atoms with Gasteiger partial charge in [-0.05, 0) is 36.6 Å². The molecule has 0 spiro atoms. The Morgan fingerprint density at radius 1 is 1.33 bits per heavy atom. The molecule has 1 fully saturated rings. The molecule has 1 aromatic heterocycles. The van der Waals surface area contributed by atoms with Crippen LogP contribution in [0.5, 0.6) is 5.75 Å². The minimum atomic E-state index is 0.138. The maximum absolute atomic E-state index is 6.05. The number of hydrogen-bond acceptors (Lipinski definition) is 3. The largest absolute Gasteiger partial charge is 0.493 e. The summed E-state index contributed by atoms with van der Waals surface area (Å²) < 4.78 is 10.9. The molecular formula is C15H19NO2. The van der Waals surface area contributed by atoms with E-state index in [9.17, 15) is 0 Å². The third-order valence-corrected chi connectivity index (χ3v) is 4.30. The van der Waals surface area contributed by atoms with Crippen LogP contribution in [0.15, 0.2) is 28.9 Å². The number of hydrogen-bond donors (Lipinski definition) is 1. The average molecular weight is 245 g/mol. The van der Waals surface area contributed by atoms with Crippen molar-refractivity contribution in [3.8, 4) is 5.75 Å². The van der Waals surface area contributed by atoms with Crippen LogP contribution in [0.2, 0.25) is 0 Å². The van der Waals surface area contributed by atoms with Crippen LogP contribution >= 0.6 is 0 Å². The zero-order valence-corrected chi connectivity index (χ0v) is 10.7. The molecular weight excluding hydrogens is 226 g/mol. The fraction of sp³-hybridized carbons (Fsp3) is 0.467. The molecule has 96 valence electrons. The van der Waals surface area contributed by atoms with E-state index in [1.165, 1.54) is 31.2 Å². The number of fused-ring (bicyclic) bond motifs is 1. The average Bonchev–Trinajstić information content (AvgIpc) is 3.06. The van der Waals surface area contributed by atoms with Crippen LogP contribution in [0.4, 0.5) is 0 Å². The molecule has 0 amide bonds. The van der Waals surface area contributed by atoms with Crippen molar-refractivity contribution < 1.29 is 9.15 Å². The molecule has 0 unspecified atom stereocenters. The molecule has 3 heteroatoms. The third kappa shape index (κ3) is 1.62. The monoisotopic (exact) mass is 245 g/mol. The van der Waals surface area contributed by atoms with Gasteiger partial charge in [-0.1, -0.05) is 12.8 Å². The van der Waals surface area contributed by atoms with Crippen LogP contribution in [0, 0.1) is 0 Å². The molecule has 2 N–H and O–H groups in total. The van der Waals surface area contributed by atoms with Gasteiger partial charge in [0.15, 0.2) is 11.3 Å². The zero-order chi connectivity index (χ0) is 12.6. The maximum Gasteiger partial charge on any atom is 0.175 e. The first kappa shape index (κ1) is 11.6. The molecule has 0 radical (unpaired) electrons. The topological polar surface area (TPSA) is 48.4 Å². The van der Waals surface area contributed by atoms with Crippen molar-refractivity contribution in [3.63, 3.8) is 0 Å². The summed E-state index contributed by atoms with van der Waals surface area (Å²) in [6.07, 6.45) is 6.60. The molecule has 1 aromatic carbocycles. The molecule has 18 heavy (non-hydrogen) atoms. The molecule has 1 aliphatic rings. The summed E-state index contributed by atoms with van der Waals surface area (Å²) in [6, 6.07) is 6.30. The smallest absolute Gasteiger partial charge is 0.175 e. The number of methoxy groups -OCH3 is 1. The minimum Gasteiger partial charge on any atom is -0.493 e. The second-order valence-corrected chi connectivity index (χ2v) is 5.21. The first-order valence-electron chi connectivity index (χ1n) is 6.55. The lowest BCUT2D eigenvalue weighted by Gasteiger charge is -2.28. The van der Waals surface area contributed by atoms with E-state index < -0.39 is 0 Å². The fourth-order valence-electron chi connectivity index (χ4n) is 3.17. The first-order valence-corrected chi connectivity index (χ1v) is 6.55. The molecule has 0 bridgehead atoms. The molecule has 3 nitrogen and oxygen atoms in total. The lowest BCUT2D eigenvalue weighted by molar-refractivity contribution is 0.404. The van der Waals surface area contributed by atoms with Crippen molar-refractivity contribution in [1.29, 1.82) is 0 Å². The van der Waals surface area contributed by atoms with Gasteiger partial charge in [-0.2, -0.15) is 0 Å². The van der Waals surface area contributed by atoms with E-state index in [-0.39, 0.29) is 5.41 Å². The summed E-state index contributed by atoms with van der Waals surface area (Å²) in [7, 11) is 1.69. The first-order chi connectivity index (χ1) is 8.79. The molecule has 1 heterocycles. The van der Waals surface area contributed by atoms with E-state index in [2.05, 4.69) is 12.1 Å². The zero-order valence-electron chi connectivity index (χ0n) is 10.7. The van der Waals surface area contributed by atoms with E-state index in [4.69, 9.17) is 14.9 Å². The lowest BCUT2D eigenvalue weighted by Crippen LogP contribution is -2.31. The Morgan fingerprint density at radius 2 is 2.11 bits per heavy atom. The van der Waals surface area contributed by atoms with Crippen LogP contribution in [0.1, 0.15) is 31.2 Å². The summed E-state index contributed by atoms with van der Waals surface area (Å²) in [5.74, 6) is 0.812. The molecule has 0 aliphatic heterocycles. The van der Waals surface area contributed by atoms with Gasteiger partial charge in [-0.15, -0.1) is 0 Å². The van der Waals surface area contributed by atoms with Gasteiger partial charge in [0.2, 0.25) is 0 Å². The summed E-state index contributed by atoms with van der Waals surface area (Å²) >= 11 is 0. The Bertz CT molecular complexity index is 553. The predicted molar refractivity (Wildman–Crippen MR) is 72.0 cm³/mol. The Morgan fingerprint density at radius 3 is 2.78 bits per heavy atom. The summed E-state index contributed by atoms with van der Waals surface area (Å²) in [6.45, 7) is 0.708. The maximum atomic E-state index is 6.05. The van der Waals surface area contributed by atoms with Gasteiger partial charge in [-0.25, -0.2) is 0 Å². The van der Waals surface area contributed by atoms with E-state index in [0.717, 1.165) is 16.7 Å². The highest BCUT2D eigenvalue weighted by molar-refractivity contribution is 5.84. The Balaban J connectivity index is 2.16. The van der Waals surface area contributed by atoms with E-state index >= 15 is 0 Å². The molecule has 1 aliphatic carbocycles. The van der Waals surface area contributed by atoms with Crippen molar-refractivity contribution in [1.82, 2.24) is 0 Å². The van der Waals surface area contributed by atoms with Crippen molar-refractivity contribution in [3.05, 3.63) is 30.0 Å². The van der Waals surface area contributed by atoms with Crippen molar-refractivity contribution >= 4 is 11.0 Å². The van der Waals surface area contributed by atoms with Gasteiger partial charge in [0, 0.05) is 17.3 Å². The van der Waals surface area contributed by atoms with Gasteiger partial charge in [0.05, 0.1) is 13.4 Å². The SMILES string of the molecule is COc1cc(C2(CN)CCCC2)cc2ccoc12. The van der Waals surface area contributed by atoms with Crippen molar-refractivity contribution in [2.45, 2.75) is 31.1 Å². The van der Waals surface area contributed by atoms with Crippen LogP contribution in [0.25, 0.3) is 11.0 Å². The van der Waals surface area contributed by atoms with E-state index in [1.54, 1.807) is 13.4 Å². The molecule has 2 aromatic rings. The molecule has 3 rings (SSSR count). The van der Waals surface area contributed by atoms with Crippen molar-refractivity contribution in [2.75, 3.05) is 13.7 Å². The van der Waals surface area contributed by atoms with Gasteiger partial charge in [-0.3, -0.25) is 0 Å². The Labute approximate surface area is 107 Å². The predicted octanol–water partition coefficient (Wildman–Crippen LogP) is 3.21. The van der Waals surface area contributed by atoms with E-state index in [0.29, 0.717) is 6.54 Å². The number of rotatable bonds is 3. The minimum absolute atomic E-state index is 0.138. The van der Waals surface area contributed by atoms with Crippen molar-refractivity contribution in [2.24, 2.45) is 5.73 Å². The highest BCUT2D eigenvalue weighted by Gasteiger charge is 2.35. The molecule has 0 saturated heterocycles. The normalized spacial score (nSPS) is 18.3. The summed E-state index contributed by atoms with van der Waals surface area (Å²) in [4.78, 5) is 0. The van der Waals surface area contributed by atoms with Crippen LogP contribution < -0.4 is 10.5 Å². The van der Waals surface area contributed by atoms with Gasteiger partial charge in [0.25, 0.3) is 0 Å². The van der Waals surface area contributed by atoms with Gasteiger partial charge < -0.3 is 14.9 Å². The number of nitrogens with two attached hydrogens (primary N) is 1. The lowest BCUT2D eigenvalue weighted by atomic mass is 9.78. The second-order valence-electron chi connectivity index (χ2n) is 5.21. The van der Waals surface area contributed by atoms with Gasteiger partial charge >= 0.3 is 0 Å². The second kappa shape index (κ2) is 4.32.